The highest BCUT2D eigenvalue weighted by Gasteiger charge is 2.20. The molecule has 0 spiro atoms. The summed E-state index contributed by atoms with van der Waals surface area (Å²) < 4.78 is 10.3. The van der Waals surface area contributed by atoms with Crippen molar-refractivity contribution in [1.82, 2.24) is 5.32 Å². The van der Waals surface area contributed by atoms with Gasteiger partial charge in [-0.3, -0.25) is 4.79 Å². The van der Waals surface area contributed by atoms with Gasteiger partial charge in [-0.05, 0) is 13.8 Å². The van der Waals surface area contributed by atoms with Crippen molar-refractivity contribution in [3.63, 3.8) is 0 Å². The van der Waals surface area contributed by atoms with E-state index in [0.717, 1.165) is 0 Å². The van der Waals surface area contributed by atoms with Crippen molar-refractivity contribution in [1.29, 1.82) is 0 Å². The number of methoxy groups -OCH3 is 1. The Morgan fingerprint density at radius 3 is 2.60 bits per heavy atom. The second-order valence-corrected chi connectivity index (χ2v) is 3.89. The number of amides is 1. The predicted molar refractivity (Wildman–Crippen MR) is 58.6 cm³/mol. The second-order valence-electron chi connectivity index (χ2n) is 3.89. The van der Waals surface area contributed by atoms with Gasteiger partial charge in [0.25, 0.3) is 0 Å². The van der Waals surface area contributed by atoms with Crippen molar-refractivity contribution >= 4 is 5.91 Å². The average molecular weight is 218 g/mol. The van der Waals surface area contributed by atoms with Crippen LogP contribution >= 0.6 is 0 Å². The first-order chi connectivity index (χ1) is 7.02. The first-order valence-electron chi connectivity index (χ1n) is 5.11. The number of hydrogen-bond acceptors (Lipinski definition) is 4. The molecule has 15 heavy (non-hydrogen) atoms. The number of ether oxygens (including phenoxy) is 2. The standard InChI is InChI=1S/C10H22N2O3/c1-10(2,14-3)8-9(13)12-5-7-15-6-4-11/h4-8,11H2,1-3H3,(H,12,13). The Morgan fingerprint density at radius 1 is 1.40 bits per heavy atom. The van der Waals surface area contributed by atoms with Crippen LogP contribution in [-0.4, -0.2) is 44.9 Å². The van der Waals surface area contributed by atoms with Crippen molar-refractivity contribution in [2.24, 2.45) is 5.73 Å². The van der Waals surface area contributed by atoms with E-state index in [0.29, 0.717) is 32.7 Å². The van der Waals surface area contributed by atoms with Gasteiger partial charge in [-0.2, -0.15) is 0 Å². The molecule has 0 aliphatic carbocycles. The Labute approximate surface area is 91.3 Å². The van der Waals surface area contributed by atoms with Crippen LogP contribution in [0.3, 0.4) is 0 Å². The molecule has 0 aliphatic rings. The van der Waals surface area contributed by atoms with E-state index < -0.39 is 5.60 Å². The van der Waals surface area contributed by atoms with Gasteiger partial charge in [0.15, 0.2) is 0 Å². The van der Waals surface area contributed by atoms with Crippen molar-refractivity contribution in [2.45, 2.75) is 25.9 Å². The van der Waals surface area contributed by atoms with E-state index in [1.807, 2.05) is 13.8 Å². The Balaban J connectivity index is 3.49. The first kappa shape index (κ1) is 14.3. The van der Waals surface area contributed by atoms with Gasteiger partial charge in [-0.1, -0.05) is 0 Å². The lowest BCUT2D eigenvalue weighted by Crippen LogP contribution is -2.35. The second kappa shape index (κ2) is 7.62. The quantitative estimate of drug-likeness (QED) is 0.558. The van der Waals surface area contributed by atoms with Crippen LogP contribution < -0.4 is 11.1 Å². The van der Waals surface area contributed by atoms with Gasteiger partial charge < -0.3 is 20.5 Å². The maximum atomic E-state index is 11.4. The minimum atomic E-state index is -0.414. The molecule has 0 radical (unpaired) electrons. The fraction of sp³-hybridized carbons (Fsp3) is 0.900. The number of nitrogens with one attached hydrogen (secondary N) is 1. The summed E-state index contributed by atoms with van der Waals surface area (Å²) in [5, 5.41) is 2.75. The zero-order valence-electron chi connectivity index (χ0n) is 9.84. The molecule has 0 atom stereocenters. The lowest BCUT2D eigenvalue weighted by molar-refractivity contribution is -0.126. The van der Waals surface area contributed by atoms with E-state index in [4.69, 9.17) is 15.2 Å². The van der Waals surface area contributed by atoms with E-state index in [-0.39, 0.29) is 5.91 Å². The van der Waals surface area contributed by atoms with Crippen molar-refractivity contribution in [3.8, 4) is 0 Å². The highest BCUT2D eigenvalue weighted by atomic mass is 16.5. The summed E-state index contributed by atoms with van der Waals surface area (Å²) in [7, 11) is 1.59. The van der Waals surface area contributed by atoms with E-state index in [2.05, 4.69) is 5.32 Å². The average Bonchev–Trinajstić information content (AvgIpc) is 2.17. The number of carbonyl (C=O) groups is 1. The molecule has 0 rings (SSSR count). The molecule has 1 amide bonds. The molecule has 0 heterocycles. The SMILES string of the molecule is COC(C)(C)CC(=O)NCCOCCN. The molecular formula is C10H22N2O3. The van der Waals surface area contributed by atoms with Gasteiger partial charge in [-0.25, -0.2) is 0 Å². The third-order valence-corrected chi connectivity index (χ3v) is 1.97. The summed E-state index contributed by atoms with van der Waals surface area (Å²) in [6.07, 6.45) is 0.348. The Hall–Kier alpha value is -0.650. The smallest absolute Gasteiger partial charge is 0.222 e. The Bertz CT molecular complexity index is 184. The molecule has 0 bridgehead atoms. The van der Waals surface area contributed by atoms with E-state index in [9.17, 15) is 4.79 Å². The van der Waals surface area contributed by atoms with Crippen LogP contribution in [0.15, 0.2) is 0 Å². The van der Waals surface area contributed by atoms with Gasteiger partial charge in [0.2, 0.25) is 5.91 Å². The van der Waals surface area contributed by atoms with Crippen LogP contribution in [0.1, 0.15) is 20.3 Å². The molecule has 5 heteroatoms. The summed E-state index contributed by atoms with van der Waals surface area (Å²) >= 11 is 0. The van der Waals surface area contributed by atoms with Crippen molar-refractivity contribution in [2.75, 3.05) is 33.4 Å². The minimum Gasteiger partial charge on any atom is -0.378 e. The summed E-state index contributed by atoms with van der Waals surface area (Å²) in [6, 6.07) is 0. The van der Waals surface area contributed by atoms with Gasteiger partial charge in [-0.15, -0.1) is 0 Å². The molecule has 0 aromatic heterocycles. The predicted octanol–water partition coefficient (Wildman–Crippen LogP) is -0.107. The molecule has 5 nitrogen and oxygen atoms in total. The minimum absolute atomic E-state index is 0.0294. The largest absolute Gasteiger partial charge is 0.378 e. The van der Waals surface area contributed by atoms with Crippen molar-refractivity contribution in [3.05, 3.63) is 0 Å². The summed E-state index contributed by atoms with van der Waals surface area (Å²) in [4.78, 5) is 11.4. The fourth-order valence-corrected chi connectivity index (χ4v) is 0.969. The molecule has 0 aromatic carbocycles. The third-order valence-electron chi connectivity index (χ3n) is 1.97. The summed E-state index contributed by atoms with van der Waals surface area (Å²) in [5.74, 6) is -0.0294. The van der Waals surface area contributed by atoms with Gasteiger partial charge >= 0.3 is 0 Å². The van der Waals surface area contributed by atoms with Crippen LogP contribution in [0.5, 0.6) is 0 Å². The zero-order valence-corrected chi connectivity index (χ0v) is 9.84. The van der Waals surface area contributed by atoms with Crippen LogP contribution in [0.25, 0.3) is 0 Å². The Morgan fingerprint density at radius 2 is 2.07 bits per heavy atom. The normalized spacial score (nSPS) is 11.5. The molecule has 0 aliphatic heterocycles. The molecule has 0 unspecified atom stereocenters. The van der Waals surface area contributed by atoms with Crippen LogP contribution in [0, 0.1) is 0 Å². The number of nitrogens with two attached hydrogens (primary N) is 1. The number of carbonyl (C=O) groups excluding carboxylic acids is 1. The molecule has 0 fully saturated rings. The maximum absolute atomic E-state index is 11.4. The van der Waals surface area contributed by atoms with Crippen LogP contribution in [-0.2, 0) is 14.3 Å². The highest BCUT2D eigenvalue weighted by Crippen LogP contribution is 2.11. The molecule has 0 saturated heterocycles. The van der Waals surface area contributed by atoms with Gasteiger partial charge in [0.05, 0.1) is 25.2 Å². The van der Waals surface area contributed by atoms with Gasteiger partial charge in [0.1, 0.15) is 0 Å². The van der Waals surface area contributed by atoms with E-state index in [1.165, 1.54) is 0 Å². The zero-order chi connectivity index (χ0) is 11.7. The Kier molecular flexibility index (Phi) is 7.29. The number of hydrogen-bond donors (Lipinski definition) is 2. The van der Waals surface area contributed by atoms with Crippen LogP contribution in [0.2, 0.25) is 0 Å². The third kappa shape index (κ3) is 8.35. The number of rotatable bonds is 8. The van der Waals surface area contributed by atoms with Gasteiger partial charge in [0, 0.05) is 20.2 Å². The molecular weight excluding hydrogens is 196 g/mol. The molecule has 3 N–H and O–H groups in total. The monoisotopic (exact) mass is 218 g/mol. The van der Waals surface area contributed by atoms with E-state index in [1.54, 1.807) is 7.11 Å². The first-order valence-corrected chi connectivity index (χ1v) is 5.11. The lowest BCUT2D eigenvalue weighted by atomic mass is 10.1. The molecule has 0 saturated carbocycles. The lowest BCUT2D eigenvalue weighted by Gasteiger charge is -2.21. The summed E-state index contributed by atoms with van der Waals surface area (Å²) in [5.41, 5.74) is 4.83. The topological polar surface area (TPSA) is 73.6 Å². The molecule has 90 valence electrons. The highest BCUT2D eigenvalue weighted by molar-refractivity contribution is 5.76. The maximum Gasteiger partial charge on any atom is 0.222 e. The van der Waals surface area contributed by atoms with Crippen molar-refractivity contribution < 1.29 is 14.3 Å². The van der Waals surface area contributed by atoms with E-state index >= 15 is 0 Å². The molecule has 0 aromatic rings. The van der Waals surface area contributed by atoms with Crippen LogP contribution in [0.4, 0.5) is 0 Å². The fourth-order valence-electron chi connectivity index (χ4n) is 0.969. The summed E-state index contributed by atoms with van der Waals surface area (Å²) in [6.45, 7) is 5.79.